The Bertz CT molecular complexity index is 1010. The Labute approximate surface area is 168 Å². The summed E-state index contributed by atoms with van der Waals surface area (Å²) in [7, 11) is 0. The molecule has 5 rings (SSSR count). The van der Waals surface area contributed by atoms with Crippen LogP contribution >= 0.6 is 0 Å². The summed E-state index contributed by atoms with van der Waals surface area (Å²) in [5.74, 6) is 1.72. The fourth-order valence-electron chi connectivity index (χ4n) is 4.31. The zero-order chi connectivity index (χ0) is 19.8. The van der Waals surface area contributed by atoms with Crippen LogP contribution in [0.4, 0.5) is 0 Å². The number of piperidine rings is 1. The molecule has 1 aromatic carbocycles. The maximum Gasteiger partial charge on any atom is 0.258 e. The van der Waals surface area contributed by atoms with Gasteiger partial charge in [-0.25, -0.2) is 0 Å². The van der Waals surface area contributed by atoms with Crippen molar-refractivity contribution >= 4 is 16.8 Å². The van der Waals surface area contributed by atoms with Crippen molar-refractivity contribution in [3.8, 4) is 11.5 Å². The quantitative estimate of drug-likeness (QED) is 0.674. The number of likely N-dealkylation sites (tertiary alicyclic amines) is 1. The summed E-state index contributed by atoms with van der Waals surface area (Å²) in [6, 6.07) is 6.39. The Kier molecular flexibility index (Phi) is 4.79. The molecule has 8 nitrogen and oxygen atoms in total. The topological polar surface area (TPSA) is 86.3 Å². The summed E-state index contributed by atoms with van der Waals surface area (Å²) in [5.41, 5.74) is 1.96. The monoisotopic (exact) mass is 395 g/mol. The molecule has 2 fully saturated rings. The first-order chi connectivity index (χ1) is 14.2. The first-order valence-electron chi connectivity index (χ1n) is 10.4. The van der Waals surface area contributed by atoms with Gasteiger partial charge in [0, 0.05) is 43.0 Å². The van der Waals surface area contributed by atoms with Gasteiger partial charge in [-0.05, 0) is 31.4 Å². The van der Waals surface area contributed by atoms with E-state index in [9.17, 15) is 4.79 Å². The number of aromatic nitrogens is 4. The molecule has 2 saturated heterocycles. The van der Waals surface area contributed by atoms with Gasteiger partial charge in [-0.1, -0.05) is 18.1 Å². The second-order valence-electron chi connectivity index (χ2n) is 7.85. The van der Waals surface area contributed by atoms with E-state index >= 15 is 0 Å². The van der Waals surface area contributed by atoms with E-state index < -0.39 is 0 Å². The molecule has 8 heteroatoms. The molecule has 0 spiro atoms. The van der Waals surface area contributed by atoms with Crippen molar-refractivity contribution in [3.05, 3.63) is 30.2 Å². The molecular formula is C21H25N5O3. The van der Waals surface area contributed by atoms with Crippen molar-refractivity contribution in [2.75, 3.05) is 26.3 Å². The van der Waals surface area contributed by atoms with Crippen LogP contribution < -0.4 is 0 Å². The molecule has 0 unspecified atom stereocenters. The molecule has 2 aromatic heterocycles. The molecule has 2 aliphatic rings. The minimum atomic E-state index is 0.217. The van der Waals surface area contributed by atoms with Crippen LogP contribution in [0.1, 0.15) is 50.4 Å². The Balaban J connectivity index is 1.36. The van der Waals surface area contributed by atoms with Gasteiger partial charge in [0.25, 0.3) is 5.89 Å². The van der Waals surface area contributed by atoms with Gasteiger partial charge >= 0.3 is 0 Å². The molecule has 2 aliphatic heterocycles. The summed E-state index contributed by atoms with van der Waals surface area (Å²) < 4.78 is 13.2. The van der Waals surface area contributed by atoms with Crippen LogP contribution in [0.2, 0.25) is 0 Å². The molecule has 4 heterocycles. The highest BCUT2D eigenvalue weighted by atomic mass is 16.5. The Morgan fingerprint density at radius 1 is 1.24 bits per heavy atom. The summed E-state index contributed by atoms with van der Waals surface area (Å²) >= 11 is 0. The van der Waals surface area contributed by atoms with Crippen LogP contribution in [-0.2, 0) is 9.53 Å². The normalized spacial score (nSPS) is 20.6. The highest BCUT2D eigenvalue weighted by Gasteiger charge is 2.27. The Morgan fingerprint density at radius 2 is 2.10 bits per heavy atom. The molecule has 0 saturated carbocycles. The number of carbonyl (C=O) groups is 1. The van der Waals surface area contributed by atoms with Crippen LogP contribution in [0.15, 0.2) is 28.9 Å². The molecule has 29 heavy (non-hydrogen) atoms. The maximum atomic E-state index is 11.9. The van der Waals surface area contributed by atoms with E-state index in [0.29, 0.717) is 18.9 Å². The van der Waals surface area contributed by atoms with Gasteiger partial charge in [0.15, 0.2) is 5.82 Å². The Morgan fingerprint density at radius 3 is 2.86 bits per heavy atom. The highest BCUT2D eigenvalue weighted by Crippen LogP contribution is 2.30. The number of fused-ring (bicyclic) bond motifs is 1. The second-order valence-corrected chi connectivity index (χ2v) is 7.85. The van der Waals surface area contributed by atoms with Gasteiger partial charge in [-0.2, -0.15) is 10.1 Å². The summed E-state index contributed by atoms with van der Waals surface area (Å²) in [6.45, 7) is 4.90. The summed E-state index contributed by atoms with van der Waals surface area (Å²) in [5, 5.41) is 9.89. The summed E-state index contributed by atoms with van der Waals surface area (Å²) in [4.78, 5) is 18.5. The van der Waals surface area contributed by atoms with Crippen LogP contribution in [-0.4, -0.2) is 57.0 Å². The third kappa shape index (κ3) is 3.42. The first kappa shape index (κ1) is 18.3. The van der Waals surface area contributed by atoms with E-state index in [0.717, 1.165) is 61.2 Å². The van der Waals surface area contributed by atoms with Gasteiger partial charge in [0.2, 0.25) is 5.91 Å². The zero-order valence-corrected chi connectivity index (χ0v) is 16.6. The minimum Gasteiger partial charge on any atom is -0.379 e. The largest absolute Gasteiger partial charge is 0.379 e. The van der Waals surface area contributed by atoms with Gasteiger partial charge in [-0.3, -0.25) is 9.48 Å². The van der Waals surface area contributed by atoms with E-state index in [2.05, 4.69) is 21.3 Å². The third-order valence-electron chi connectivity index (χ3n) is 6.05. The molecule has 1 amide bonds. The lowest BCUT2D eigenvalue weighted by Gasteiger charge is -2.30. The highest BCUT2D eigenvalue weighted by molar-refractivity contribution is 5.83. The number of hydrogen-bond donors (Lipinski definition) is 0. The van der Waals surface area contributed by atoms with Gasteiger partial charge in [0.05, 0.1) is 24.4 Å². The SMILES string of the molecule is CCC(=O)N1CCC(c2noc(-c3ccc4cnn([C@H]5CCOC5)c4c3)n2)CC1. The van der Waals surface area contributed by atoms with Crippen LogP contribution in [0.5, 0.6) is 0 Å². The van der Waals surface area contributed by atoms with Crippen LogP contribution in [0.3, 0.4) is 0 Å². The second kappa shape index (κ2) is 7.59. The van der Waals surface area contributed by atoms with Crippen LogP contribution in [0.25, 0.3) is 22.4 Å². The van der Waals surface area contributed by atoms with E-state index in [1.165, 1.54) is 0 Å². The first-order valence-corrected chi connectivity index (χ1v) is 10.4. The van der Waals surface area contributed by atoms with Crippen molar-refractivity contribution in [2.24, 2.45) is 0 Å². The number of nitrogens with zero attached hydrogens (tertiary/aromatic N) is 5. The van der Waals surface area contributed by atoms with Gasteiger partial charge in [-0.15, -0.1) is 0 Å². The third-order valence-corrected chi connectivity index (χ3v) is 6.05. The fraction of sp³-hybridized carbons (Fsp3) is 0.524. The lowest BCUT2D eigenvalue weighted by atomic mass is 9.96. The van der Waals surface area contributed by atoms with Gasteiger partial charge < -0.3 is 14.2 Å². The maximum absolute atomic E-state index is 11.9. The summed E-state index contributed by atoms with van der Waals surface area (Å²) in [6.07, 6.45) is 5.17. The molecule has 0 bridgehead atoms. The number of benzene rings is 1. The average Bonchev–Trinajstić information content (AvgIpc) is 3.53. The molecule has 0 aliphatic carbocycles. The van der Waals surface area contributed by atoms with E-state index in [4.69, 9.17) is 9.26 Å². The fourth-order valence-corrected chi connectivity index (χ4v) is 4.31. The van der Waals surface area contributed by atoms with Gasteiger partial charge in [0.1, 0.15) is 0 Å². The molecule has 3 aromatic rings. The van der Waals surface area contributed by atoms with E-state index in [1.807, 2.05) is 34.8 Å². The van der Waals surface area contributed by atoms with Crippen LogP contribution in [0, 0.1) is 0 Å². The van der Waals surface area contributed by atoms with Crippen molar-refractivity contribution in [1.29, 1.82) is 0 Å². The van der Waals surface area contributed by atoms with Crippen molar-refractivity contribution in [1.82, 2.24) is 24.8 Å². The number of carbonyl (C=O) groups excluding carboxylic acids is 1. The lowest BCUT2D eigenvalue weighted by molar-refractivity contribution is -0.131. The Hall–Kier alpha value is -2.74. The average molecular weight is 395 g/mol. The lowest BCUT2D eigenvalue weighted by Crippen LogP contribution is -2.37. The zero-order valence-electron chi connectivity index (χ0n) is 16.6. The standard InChI is InChI=1S/C21H25N5O3/c1-2-19(27)25-8-5-14(6-9-25)20-23-21(29-24-20)15-3-4-16-12-22-26(18(16)11-15)17-7-10-28-13-17/h3-4,11-12,14,17H,2,5-10,13H2,1H3/t17-/m0/s1. The van der Waals surface area contributed by atoms with Crippen molar-refractivity contribution < 1.29 is 14.1 Å². The van der Waals surface area contributed by atoms with Crippen molar-refractivity contribution in [3.63, 3.8) is 0 Å². The molecule has 0 radical (unpaired) electrons. The molecular weight excluding hydrogens is 370 g/mol. The molecule has 152 valence electrons. The number of rotatable bonds is 4. The molecule has 1 atom stereocenters. The van der Waals surface area contributed by atoms with E-state index in [-0.39, 0.29) is 17.9 Å². The van der Waals surface area contributed by atoms with E-state index in [1.54, 1.807) is 0 Å². The predicted octanol–water partition coefficient (Wildman–Crippen LogP) is 3.16. The molecule has 0 N–H and O–H groups in total. The number of ether oxygens (including phenoxy) is 1. The number of amides is 1. The van der Waals surface area contributed by atoms with Crippen molar-refractivity contribution in [2.45, 2.75) is 44.6 Å². The minimum absolute atomic E-state index is 0.217. The number of hydrogen-bond acceptors (Lipinski definition) is 6. The smallest absolute Gasteiger partial charge is 0.258 e. The predicted molar refractivity (Wildman–Crippen MR) is 106 cm³/mol.